The summed E-state index contributed by atoms with van der Waals surface area (Å²) in [6, 6.07) is 30.7. The molecule has 0 spiro atoms. The van der Waals surface area contributed by atoms with E-state index in [1.807, 2.05) is 41.1 Å². The van der Waals surface area contributed by atoms with E-state index in [0.717, 1.165) is 53.8 Å². The zero-order valence-electron chi connectivity index (χ0n) is 27.4. The Labute approximate surface area is 294 Å². The van der Waals surface area contributed by atoms with Crippen molar-refractivity contribution in [3.8, 4) is 22.4 Å². The Balaban J connectivity index is 1.06. The molecule has 0 N–H and O–H groups in total. The Hall–Kier alpha value is -5.16. The van der Waals surface area contributed by atoms with Crippen LogP contribution in [0.4, 0.5) is 0 Å². The van der Waals surface area contributed by atoms with Crippen LogP contribution < -0.4 is 0 Å². The van der Waals surface area contributed by atoms with Crippen LogP contribution >= 0.6 is 22.7 Å². The molecule has 0 bridgehead atoms. The summed E-state index contributed by atoms with van der Waals surface area (Å²) in [5, 5.41) is 5.10. The van der Waals surface area contributed by atoms with Gasteiger partial charge in [0, 0.05) is 54.0 Å². The molecule has 0 saturated heterocycles. The maximum Gasteiger partial charge on any atom is 0.0716 e. The fourth-order valence-corrected chi connectivity index (χ4v) is 10.1. The van der Waals surface area contributed by atoms with Crippen molar-refractivity contribution in [1.82, 2.24) is 4.98 Å². The van der Waals surface area contributed by atoms with Crippen LogP contribution in [-0.4, -0.2) is 10.7 Å². The molecule has 0 aliphatic heterocycles. The molecule has 2 aliphatic rings. The van der Waals surface area contributed by atoms with Gasteiger partial charge in [-0.15, -0.1) is 22.7 Å². The van der Waals surface area contributed by atoms with Gasteiger partial charge in [0.05, 0.1) is 5.69 Å². The van der Waals surface area contributed by atoms with Crippen molar-refractivity contribution < 1.29 is 0 Å². The van der Waals surface area contributed by atoms with Crippen molar-refractivity contribution in [2.45, 2.75) is 32.6 Å². The van der Waals surface area contributed by atoms with E-state index in [9.17, 15) is 0 Å². The Kier molecular flexibility index (Phi) is 7.56. The van der Waals surface area contributed by atoms with Crippen molar-refractivity contribution in [1.29, 1.82) is 0 Å². The molecule has 0 amide bonds. The number of nitrogens with zero attached hydrogens (tertiary/aromatic N) is 2. The monoisotopic (exact) mass is 666 g/mol. The summed E-state index contributed by atoms with van der Waals surface area (Å²) in [6.07, 6.45) is 19.5. The molecule has 236 valence electrons. The van der Waals surface area contributed by atoms with Crippen LogP contribution in [0, 0.1) is 0 Å². The minimum absolute atomic E-state index is 0.998. The predicted octanol–water partition coefficient (Wildman–Crippen LogP) is 13.0. The maximum absolute atomic E-state index is 5.03. The van der Waals surface area contributed by atoms with Crippen LogP contribution in [-0.2, 0) is 12.8 Å². The average Bonchev–Trinajstić information content (AvgIpc) is 3.74. The van der Waals surface area contributed by atoms with Crippen LogP contribution in [0.15, 0.2) is 127 Å². The van der Waals surface area contributed by atoms with Crippen LogP contribution in [0.25, 0.3) is 71.1 Å². The zero-order chi connectivity index (χ0) is 32.9. The van der Waals surface area contributed by atoms with Gasteiger partial charge in [-0.3, -0.25) is 9.98 Å². The molecule has 4 aromatic carbocycles. The van der Waals surface area contributed by atoms with Gasteiger partial charge in [-0.25, -0.2) is 0 Å². The molecule has 0 unspecified atom stereocenters. The molecule has 3 aromatic heterocycles. The third-order valence-corrected chi connectivity index (χ3v) is 12.4. The van der Waals surface area contributed by atoms with Gasteiger partial charge in [0.2, 0.25) is 0 Å². The number of hydrogen-bond donors (Lipinski definition) is 0. The first kappa shape index (κ1) is 29.9. The normalized spacial score (nSPS) is 14.5. The molecule has 9 rings (SSSR count). The van der Waals surface area contributed by atoms with Crippen LogP contribution in [0.1, 0.15) is 51.8 Å². The third-order valence-electron chi connectivity index (χ3n) is 9.95. The van der Waals surface area contributed by atoms with E-state index >= 15 is 0 Å². The van der Waals surface area contributed by atoms with E-state index in [2.05, 4.69) is 123 Å². The number of fused-ring (bicyclic) bond motifs is 7. The molecule has 7 aromatic rings. The van der Waals surface area contributed by atoms with Gasteiger partial charge in [0.15, 0.2) is 0 Å². The Morgan fingerprint density at radius 2 is 1.33 bits per heavy atom. The van der Waals surface area contributed by atoms with Crippen LogP contribution in [0.3, 0.4) is 0 Å². The first-order valence-corrected chi connectivity index (χ1v) is 18.6. The molecular formula is C45H34N2S2. The van der Waals surface area contributed by atoms with Gasteiger partial charge in [0.1, 0.15) is 0 Å². The van der Waals surface area contributed by atoms with E-state index < -0.39 is 0 Å². The molecule has 0 saturated carbocycles. The highest BCUT2D eigenvalue weighted by Crippen LogP contribution is 2.42. The fraction of sp³-hybridized carbons (Fsp3) is 0.111. The first-order chi connectivity index (χ1) is 24.2. The standard InChI is InChI=1S/C45H34N2S2/c1-3-29(26-46-28(2)31-14-8-19-38-36-12-4-6-22-42(36)48-44(31)38)32-15-9-18-35-33(16-10-17-34(32)35)30-24-25-41(47-27-30)40-21-11-20-39-37-13-5-7-23-43(37)49-45(39)40/h3,6-11,14-27H,1,4-5,12-13H2,2H3/b29-26+,46-28+. The second kappa shape index (κ2) is 12.4. The smallest absolute Gasteiger partial charge is 0.0716 e. The number of aliphatic imine (C=N–C) groups is 1. The van der Waals surface area contributed by atoms with Crippen molar-refractivity contribution in [3.63, 3.8) is 0 Å². The molecule has 0 fully saturated rings. The second-order valence-electron chi connectivity index (χ2n) is 12.8. The lowest BCUT2D eigenvalue weighted by Gasteiger charge is -2.12. The number of allylic oxidation sites excluding steroid dienone is 4. The van der Waals surface area contributed by atoms with Gasteiger partial charge < -0.3 is 0 Å². The van der Waals surface area contributed by atoms with E-state index in [-0.39, 0.29) is 0 Å². The van der Waals surface area contributed by atoms with Crippen molar-refractivity contribution >= 4 is 77.1 Å². The Morgan fingerprint density at radius 1 is 0.694 bits per heavy atom. The highest BCUT2D eigenvalue weighted by atomic mass is 32.1. The summed E-state index contributed by atoms with van der Waals surface area (Å²) in [5.74, 6) is 0. The summed E-state index contributed by atoms with van der Waals surface area (Å²) in [5.41, 5.74) is 11.8. The molecule has 0 atom stereocenters. The van der Waals surface area contributed by atoms with E-state index in [1.54, 1.807) is 0 Å². The molecular weight excluding hydrogens is 633 g/mol. The molecule has 2 nitrogen and oxygen atoms in total. The summed E-state index contributed by atoms with van der Waals surface area (Å²) in [4.78, 5) is 12.8. The maximum atomic E-state index is 5.03. The molecule has 49 heavy (non-hydrogen) atoms. The van der Waals surface area contributed by atoms with E-state index in [0.29, 0.717) is 0 Å². The lowest BCUT2D eigenvalue weighted by Crippen LogP contribution is -1.95. The number of rotatable bonds is 6. The van der Waals surface area contributed by atoms with Gasteiger partial charge in [-0.2, -0.15) is 0 Å². The predicted molar refractivity (Wildman–Crippen MR) is 215 cm³/mol. The van der Waals surface area contributed by atoms with Gasteiger partial charge in [-0.05, 0) is 100 Å². The van der Waals surface area contributed by atoms with Gasteiger partial charge in [-0.1, -0.05) is 104 Å². The summed E-state index contributed by atoms with van der Waals surface area (Å²) >= 11 is 3.77. The molecule has 2 aliphatic carbocycles. The van der Waals surface area contributed by atoms with Gasteiger partial charge in [0.25, 0.3) is 0 Å². The number of benzene rings is 4. The van der Waals surface area contributed by atoms with Crippen LogP contribution in [0.5, 0.6) is 0 Å². The third kappa shape index (κ3) is 5.15. The first-order valence-electron chi connectivity index (χ1n) is 17.0. The van der Waals surface area contributed by atoms with E-state index in [4.69, 9.17) is 9.98 Å². The minimum atomic E-state index is 0.998. The van der Waals surface area contributed by atoms with Crippen LogP contribution in [0.2, 0.25) is 0 Å². The van der Waals surface area contributed by atoms with Crippen molar-refractivity contribution in [2.24, 2.45) is 4.99 Å². The number of aromatic nitrogens is 1. The molecule has 4 heteroatoms. The highest BCUT2D eigenvalue weighted by Gasteiger charge is 2.18. The summed E-state index contributed by atoms with van der Waals surface area (Å²) < 4.78 is 2.66. The SMILES string of the molecule is C=C/C(=C\N=C(/C)c1cccc2c3c(sc12)C=CCC3)c1cccc2c(-c3ccc(-c4cccc5c6c(sc45)C=CCC6)nc3)cccc12. The lowest BCUT2D eigenvalue weighted by molar-refractivity contribution is 1.01. The number of pyridine rings is 1. The topological polar surface area (TPSA) is 25.2 Å². The minimum Gasteiger partial charge on any atom is -0.260 e. The highest BCUT2D eigenvalue weighted by molar-refractivity contribution is 7.21. The fourth-order valence-electron chi connectivity index (χ4n) is 7.48. The summed E-state index contributed by atoms with van der Waals surface area (Å²) in [7, 11) is 0. The zero-order valence-corrected chi connectivity index (χ0v) is 29.0. The molecule has 3 heterocycles. The Bertz CT molecular complexity index is 2570. The Morgan fingerprint density at radius 3 is 2.04 bits per heavy atom. The lowest BCUT2D eigenvalue weighted by atomic mass is 9.93. The van der Waals surface area contributed by atoms with Crippen molar-refractivity contribution in [2.75, 3.05) is 0 Å². The number of aryl methyl sites for hydroxylation is 2. The quantitative estimate of drug-likeness (QED) is 0.128. The number of thiophene rings is 2. The molecule has 0 radical (unpaired) electrons. The largest absolute Gasteiger partial charge is 0.260 e. The van der Waals surface area contributed by atoms with Crippen molar-refractivity contribution in [3.05, 3.63) is 154 Å². The van der Waals surface area contributed by atoms with Gasteiger partial charge >= 0.3 is 0 Å². The average molecular weight is 667 g/mol. The van der Waals surface area contributed by atoms with E-state index in [1.165, 1.54) is 68.5 Å². The second-order valence-corrected chi connectivity index (χ2v) is 14.9. The number of hydrogen-bond acceptors (Lipinski definition) is 4. The summed E-state index contributed by atoms with van der Waals surface area (Å²) in [6.45, 7) is 6.31.